The van der Waals surface area contributed by atoms with Gasteiger partial charge in [-0.2, -0.15) is 4.98 Å². The molecule has 0 aliphatic heterocycles. The molecule has 0 amide bonds. The van der Waals surface area contributed by atoms with Crippen LogP contribution in [-0.2, 0) is 12.4 Å². The number of methoxy groups -OCH3 is 1. The van der Waals surface area contributed by atoms with Gasteiger partial charge >= 0.3 is 0 Å². The Morgan fingerprint density at radius 3 is 2.72 bits per heavy atom. The van der Waals surface area contributed by atoms with E-state index >= 15 is 0 Å². The van der Waals surface area contributed by atoms with Gasteiger partial charge in [0.05, 0.1) is 7.11 Å². The summed E-state index contributed by atoms with van der Waals surface area (Å²) in [4.78, 5) is 4.29. The van der Waals surface area contributed by atoms with Crippen molar-refractivity contribution in [2.45, 2.75) is 12.4 Å². The highest BCUT2D eigenvalue weighted by Gasteiger charge is 1.98. The first-order valence-electron chi connectivity index (χ1n) is 5.70. The van der Waals surface area contributed by atoms with Crippen LogP contribution >= 0.6 is 11.6 Å². The van der Waals surface area contributed by atoms with E-state index in [9.17, 15) is 0 Å². The van der Waals surface area contributed by atoms with Gasteiger partial charge in [-0.15, -0.1) is 11.6 Å². The molecule has 18 heavy (non-hydrogen) atoms. The van der Waals surface area contributed by atoms with Gasteiger partial charge in [-0.25, -0.2) is 0 Å². The minimum atomic E-state index is 0.533. The average Bonchev–Trinajstić information content (AvgIpc) is 2.45. The molecule has 4 heteroatoms. The van der Waals surface area contributed by atoms with Crippen LogP contribution in [-0.4, -0.2) is 12.1 Å². The maximum atomic E-state index is 5.81. The number of nitrogens with zero attached hydrogens (tertiary/aromatic N) is 1. The van der Waals surface area contributed by atoms with Crippen molar-refractivity contribution in [3.8, 4) is 5.88 Å². The maximum absolute atomic E-state index is 5.81. The molecule has 0 spiro atoms. The van der Waals surface area contributed by atoms with Crippen LogP contribution in [0.2, 0.25) is 0 Å². The number of nitrogens with one attached hydrogen (secondary N) is 1. The van der Waals surface area contributed by atoms with Crippen molar-refractivity contribution in [2.24, 2.45) is 0 Å². The quantitative estimate of drug-likeness (QED) is 0.838. The smallest absolute Gasteiger partial charge is 0.214 e. The molecule has 0 aliphatic rings. The molecular formula is C14H15ClN2O. The lowest BCUT2D eigenvalue weighted by Gasteiger charge is -2.07. The molecule has 3 nitrogen and oxygen atoms in total. The molecule has 0 saturated heterocycles. The number of ether oxygens (including phenoxy) is 1. The molecule has 0 atom stereocenters. The summed E-state index contributed by atoms with van der Waals surface area (Å²) in [6, 6.07) is 13.8. The summed E-state index contributed by atoms with van der Waals surface area (Å²) in [6.45, 7) is 0.713. The fourth-order valence-electron chi connectivity index (χ4n) is 1.64. The molecule has 0 bridgehead atoms. The van der Waals surface area contributed by atoms with Gasteiger partial charge in [0.15, 0.2) is 0 Å². The number of hydrogen-bond acceptors (Lipinski definition) is 3. The molecule has 94 valence electrons. The molecule has 2 rings (SSSR count). The van der Waals surface area contributed by atoms with E-state index in [0.29, 0.717) is 18.3 Å². The fourth-order valence-corrected chi connectivity index (χ4v) is 1.81. The van der Waals surface area contributed by atoms with Crippen LogP contribution in [0.1, 0.15) is 11.1 Å². The van der Waals surface area contributed by atoms with E-state index in [1.54, 1.807) is 7.11 Å². The summed E-state index contributed by atoms with van der Waals surface area (Å²) in [6.07, 6.45) is 0. The molecule has 1 aromatic carbocycles. The van der Waals surface area contributed by atoms with Crippen molar-refractivity contribution in [2.75, 3.05) is 12.4 Å². The topological polar surface area (TPSA) is 34.1 Å². The van der Waals surface area contributed by atoms with Crippen molar-refractivity contribution >= 4 is 17.4 Å². The van der Waals surface area contributed by atoms with Gasteiger partial charge in [0.1, 0.15) is 5.82 Å². The molecule has 0 saturated carbocycles. The van der Waals surface area contributed by atoms with Crippen LogP contribution in [0.5, 0.6) is 5.88 Å². The van der Waals surface area contributed by atoms with Crippen LogP contribution in [0.4, 0.5) is 5.82 Å². The van der Waals surface area contributed by atoms with Gasteiger partial charge in [-0.1, -0.05) is 30.3 Å². The second-order valence-electron chi connectivity index (χ2n) is 3.87. The summed E-state index contributed by atoms with van der Waals surface area (Å²) in [5.74, 6) is 1.94. The second kappa shape index (κ2) is 6.26. The third kappa shape index (κ3) is 3.37. The lowest BCUT2D eigenvalue weighted by molar-refractivity contribution is 0.398. The lowest BCUT2D eigenvalue weighted by atomic mass is 10.1. The van der Waals surface area contributed by atoms with E-state index in [1.165, 1.54) is 5.56 Å². The zero-order valence-corrected chi connectivity index (χ0v) is 10.9. The van der Waals surface area contributed by atoms with E-state index < -0.39 is 0 Å². The van der Waals surface area contributed by atoms with Crippen LogP contribution in [0.25, 0.3) is 0 Å². The SMILES string of the molecule is COc1cccc(NCc2cccc(CCl)c2)n1. The predicted molar refractivity (Wildman–Crippen MR) is 74.1 cm³/mol. The monoisotopic (exact) mass is 262 g/mol. The predicted octanol–water partition coefficient (Wildman–Crippen LogP) is 3.44. The molecule has 1 heterocycles. The van der Waals surface area contributed by atoms with Gasteiger partial charge in [0, 0.05) is 18.5 Å². The Bertz CT molecular complexity index is 469. The molecule has 2 aromatic rings. The molecule has 0 fully saturated rings. The number of hydrogen-bond donors (Lipinski definition) is 1. The zero-order chi connectivity index (χ0) is 12.8. The Hall–Kier alpha value is -1.74. The Balaban J connectivity index is 2.01. The standard InChI is InChI=1S/C14H15ClN2O/c1-18-14-7-3-6-13(17-14)16-10-12-5-2-4-11(8-12)9-15/h2-8H,9-10H2,1H3,(H,16,17). The molecule has 0 aliphatic carbocycles. The third-order valence-electron chi connectivity index (χ3n) is 2.55. The second-order valence-corrected chi connectivity index (χ2v) is 4.14. The molecule has 0 radical (unpaired) electrons. The minimum absolute atomic E-state index is 0.533. The van der Waals surface area contributed by atoms with Crippen molar-refractivity contribution in [3.63, 3.8) is 0 Å². The Kier molecular flexibility index (Phi) is 4.42. The van der Waals surface area contributed by atoms with Crippen LogP contribution in [0, 0.1) is 0 Å². The van der Waals surface area contributed by atoms with Gasteiger partial charge in [0.2, 0.25) is 5.88 Å². The van der Waals surface area contributed by atoms with Gasteiger partial charge < -0.3 is 10.1 Å². The third-order valence-corrected chi connectivity index (χ3v) is 2.86. The van der Waals surface area contributed by atoms with E-state index in [0.717, 1.165) is 11.4 Å². The summed E-state index contributed by atoms with van der Waals surface area (Å²) < 4.78 is 5.07. The first-order chi connectivity index (χ1) is 8.81. The van der Waals surface area contributed by atoms with E-state index in [2.05, 4.69) is 22.4 Å². The highest BCUT2D eigenvalue weighted by Crippen LogP contribution is 2.13. The Morgan fingerprint density at radius 1 is 1.17 bits per heavy atom. The number of benzene rings is 1. The van der Waals surface area contributed by atoms with E-state index in [1.807, 2.05) is 30.3 Å². The molecule has 0 unspecified atom stereocenters. The highest BCUT2D eigenvalue weighted by atomic mass is 35.5. The number of anilines is 1. The average molecular weight is 263 g/mol. The Morgan fingerprint density at radius 2 is 1.94 bits per heavy atom. The first kappa shape index (κ1) is 12.7. The number of pyridine rings is 1. The van der Waals surface area contributed by atoms with E-state index in [4.69, 9.17) is 16.3 Å². The van der Waals surface area contributed by atoms with Crippen LogP contribution in [0.3, 0.4) is 0 Å². The van der Waals surface area contributed by atoms with Crippen molar-refractivity contribution in [1.82, 2.24) is 4.98 Å². The summed E-state index contributed by atoms with van der Waals surface area (Å²) in [5.41, 5.74) is 2.30. The largest absolute Gasteiger partial charge is 0.481 e. The van der Waals surface area contributed by atoms with Crippen molar-refractivity contribution in [1.29, 1.82) is 0 Å². The summed E-state index contributed by atoms with van der Waals surface area (Å²) in [7, 11) is 1.61. The normalized spacial score (nSPS) is 10.1. The minimum Gasteiger partial charge on any atom is -0.481 e. The number of rotatable bonds is 5. The lowest BCUT2D eigenvalue weighted by Crippen LogP contribution is -2.02. The first-order valence-corrected chi connectivity index (χ1v) is 6.24. The molecule has 1 N–H and O–H groups in total. The summed E-state index contributed by atoms with van der Waals surface area (Å²) in [5, 5.41) is 3.25. The molecule has 1 aromatic heterocycles. The Labute approximate surface area is 112 Å². The maximum Gasteiger partial charge on any atom is 0.214 e. The van der Waals surface area contributed by atoms with E-state index in [-0.39, 0.29) is 0 Å². The van der Waals surface area contributed by atoms with Crippen LogP contribution in [0.15, 0.2) is 42.5 Å². The van der Waals surface area contributed by atoms with Gasteiger partial charge in [-0.3, -0.25) is 0 Å². The highest BCUT2D eigenvalue weighted by molar-refractivity contribution is 6.17. The van der Waals surface area contributed by atoms with Crippen molar-refractivity contribution in [3.05, 3.63) is 53.6 Å². The number of aromatic nitrogens is 1. The summed E-state index contributed by atoms with van der Waals surface area (Å²) >= 11 is 5.81. The van der Waals surface area contributed by atoms with Crippen molar-refractivity contribution < 1.29 is 4.74 Å². The fraction of sp³-hybridized carbons (Fsp3) is 0.214. The van der Waals surface area contributed by atoms with Crippen LogP contribution < -0.4 is 10.1 Å². The number of alkyl halides is 1. The van der Waals surface area contributed by atoms with Gasteiger partial charge in [-0.05, 0) is 17.2 Å². The zero-order valence-electron chi connectivity index (χ0n) is 10.2. The number of halogens is 1. The van der Waals surface area contributed by atoms with Gasteiger partial charge in [0.25, 0.3) is 0 Å². The molecular weight excluding hydrogens is 248 g/mol.